The Hall–Kier alpha value is -2.24. The summed E-state index contributed by atoms with van der Waals surface area (Å²) < 4.78 is 0.0840. The highest BCUT2D eigenvalue weighted by Gasteiger charge is 2.31. The molecule has 0 bridgehead atoms. The second-order valence-electron chi connectivity index (χ2n) is 6.04. The molecule has 1 aliphatic heterocycles. The topological polar surface area (TPSA) is 42.3 Å². The SMILES string of the molecule is CC1N=CC(C)(c2ccccc2)S1.O=C(c1ccccc1)c1cscn1. The molecule has 0 amide bonds. The van der Waals surface area contributed by atoms with E-state index in [-0.39, 0.29) is 10.5 Å². The highest BCUT2D eigenvalue weighted by molar-refractivity contribution is 8.01. The van der Waals surface area contributed by atoms with Crippen molar-refractivity contribution in [2.24, 2.45) is 4.99 Å². The Morgan fingerprint density at radius 2 is 1.69 bits per heavy atom. The van der Waals surface area contributed by atoms with Crippen LogP contribution in [0.2, 0.25) is 0 Å². The van der Waals surface area contributed by atoms with E-state index >= 15 is 0 Å². The quantitative estimate of drug-likeness (QED) is 0.568. The lowest BCUT2D eigenvalue weighted by molar-refractivity contribution is 0.103. The number of thioether (sulfide) groups is 1. The van der Waals surface area contributed by atoms with Gasteiger partial charge in [0.25, 0.3) is 0 Å². The van der Waals surface area contributed by atoms with Crippen molar-refractivity contribution in [1.29, 1.82) is 0 Å². The zero-order valence-corrected chi connectivity index (χ0v) is 16.3. The number of carbonyl (C=O) groups excluding carboxylic acids is 1. The largest absolute Gasteiger partial charge is 0.287 e. The fourth-order valence-electron chi connectivity index (χ4n) is 2.64. The standard InChI is InChI=1S/C11H13NS.C10H7NOS/c1-9-12-8-11(2,13-9)10-6-4-3-5-7-10;12-10(9-6-13-7-11-9)8-4-2-1-3-5-8/h3-9H,1-2H3;1-7H. The van der Waals surface area contributed by atoms with Crippen LogP contribution in [0.15, 0.2) is 76.5 Å². The molecule has 26 heavy (non-hydrogen) atoms. The highest BCUT2D eigenvalue weighted by atomic mass is 32.2. The molecular formula is C21H20N2OS2. The molecule has 0 spiro atoms. The van der Waals surface area contributed by atoms with Gasteiger partial charge in [0, 0.05) is 17.2 Å². The molecule has 0 saturated carbocycles. The number of nitrogens with zero attached hydrogens (tertiary/aromatic N) is 2. The first-order valence-electron chi connectivity index (χ1n) is 8.34. The molecule has 4 rings (SSSR count). The van der Waals surface area contributed by atoms with Crippen LogP contribution in [0.1, 0.15) is 35.5 Å². The fraction of sp³-hybridized carbons (Fsp3) is 0.190. The molecule has 2 heterocycles. The number of hydrogen-bond donors (Lipinski definition) is 0. The third-order valence-corrected chi connectivity index (χ3v) is 5.87. The lowest BCUT2D eigenvalue weighted by Crippen LogP contribution is -2.16. The molecule has 3 aromatic rings. The summed E-state index contributed by atoms with van der Waals surface area (Å²) >= 11 is 3.33. The van der Waals surface area contributed by atoms with Crippen molar-refractivity contribution < 1.29 is 4.79 Å². The Morgan fingerprint density at radius 1 is 1.04 bits per heavy atom. The van der Waals surface area contributed by atoms with Crippen LogP contribution in [0, 0.1) is 0 Å². The molecule has 2 atom stereocenters. The summed E-state index contributed by atoms with van der Waals surface area (Å²) in [7, 11) is 0. The van der Waals surface area contributed by atoms with Crippen LogP contribution in [0.5, 0.6) is 0 Å². The predicted octanol–water partition coefficient (Wildman–Crippen LogP) is 5.44. The first kappa shape index (κ1) is 18.5. The maximum Gasteiger partial charge on any atom is 0.212 e. The summed E-state index contributed by atoms with van der Waals surface area (Å²) in [5.74, 6) is -0.0122. The van der Waals surface area contributed by atoms with Crippen molar-refractivity contribution in [2.45, 2.75) is 24.0 Å². The van der Waals surface area contributed by atoms with Gasteiger partial charge in [-0.2, -0.15) is 0 Å². The van der Waals surface area contributed by atoms with Gasteiger partial charge in [-0.15, -0.1) is 23.1 Å². The van der Waals surface area contributed by atoms with Gasteiger partial charge in [-0.1, -0.05) is 60.7 Å². The minimum absolute atomic E-state index is 0.0122. The minimum Gasteiger partial charge on any atom is -0.287 e. The number of rotatable bonds is 3. The Morgan fingerprint density at radius 3 is 2.23 bits per heavy atom. The zero-order valence-electron chi connectivity index (χ0n) is 14.7. The molecule has 0 saturated heterocycles. The molecule has 0 fully saturated rings. The molecule has 0 aliphatic carbocycles. The summed E-state index contributed by atoms with van der Waals surface area (Å²) in [6, 6.07) is 19.7. The number of carbonyl (C=O) groups is 1. The Balaban J connectivity index is 0.000000151. The van der Waals surface area contributed by atoms with Crippen molar-refractivity contribution in [3.05, 3.63) is 88.4 Å². The van der Waals surface area contributed by atoms with Crippen molar-refractivity contribution >= 4 is 35.1 Å². The molecule has 1 aliphatic rings. The van der Waals surface area contributed by atoms with Gasteiger partial charge in [-0.25, -0.2) is 4.98 Å². The van der Waals surface area contributed by atoms with E-state index in [1.54, 1.807) is 23.0 Å². The van der Waals surface area contributed by atoms with E-state index in [2.05, 4.69) is 54.3 Å². The van der Waals surface area contributed by atoms with Crippen molar-refractivity contribution in [1.82, 2.24) is 4.98 Å². The monoisotopic (exact) mass is 380 g/mol. The van der Waals surface area contributed by atoms with Crippen LogP contribution >= 0.6 is 23.1 Å². The molecule has 0 N–H and O–H groups in total. The van der Waals surface area contributed by atoms with Gasteiger partial charge in [0.15, 0.2) is 0 Å². The molecule has 1 aromatic heterocycles. The van der Waals surface area contributed by atoms with Crippen LogP contribution in [0.25, 0.3) is 0 Å². The molecule has 132 valence electrons. The van der Waals surface area contributed by atoms with Gasteiger partial charge in [0.1, 0.15) is 5.69 Å². The van der Waals surface area contributed by atoms with Gasteiger partial charge < -0.3 is 0 Å². The van der Waals surface area contributed by atoms with Crippen LogP contribution in [0.3, 0.4) is 0 Å². The van der Waals surface area contributed by atoms with E-state index in [0.717, 1.165) is 0 Å². The first-order chi connectivity index (χ1) is 12.6. The van der Waals surface area contributed by atoms with E-state index in [1.165, 1.54) is 16.9 Å². The maximum absolute atomic E-state index is 11.7. The molecular weight excluding hydrogens is 360 g/mol. The van der Waals surface area contributed by atoms with E-state index < -0.39 is 0 Å². The third-order valence-electron chi connectivity index (χ3n) is 3.99. The zero-order chi connectivity index (χ0) is 18.4. The molecule has 5 heteroatoms. The molecule has 0 radical (unpaired) electrons. The van der Waals surface area contributed by atoms with Crippen molar-refractivity contribution in [3.8, 4) is 0 Å². The van der Waals surface area contributed by atoms with Crippen LogP contribution < -0.4 is 0 Å². The highest BCUT2D eigenvalue weighted by Crippen LogP contribution is 2.41. The van der Waals surface area contributed by atoms with Crippen LogP contribution in [0.4, 0.5) is 0 Å². The van der Waals surface area contributed by atoms with Gasteiger partial charge in [0.05, 0.1) is 15.6 Å². The van der Waals surface area contributed by atoms with E-state index in [4.69, 9.17) is 0 Å². The van der Waals surface area contributed by atoms with Crippen LogP contribution in [-0.2, 0) is 4.75 Å². The summed E-state index contributed by atoms with van der Waals surface area (Å²) in [6.07, 6.45) is 2.07. The van der Waals surface area contributed by atoms with Gasteiger partial charge in [-0.05, 0) is 19.4 Å². The number of hydrogen-bond acceptors (Lipinski definition) is 5. The van der Waals surface area contributed by atoms with Gasteiger partial charge in [-0.3, -0.25) is 9.79 Å². The lowest BCUT2D eigenvalue weighted by atomic mass is 10.0. The summed E-state index contributed by atoms with van der Waals surface area (Å²) in [5, 5.41) is 2.15. The number of aromatic nitrogens is 1. The lowest BCUT2D eigenvalue weighted by Gasteiger charge is -2.20. The van der Waals surface area contributed by atoms with Gasteiger partial charge >= 0.3 is 0 Å². The minimum atomic E-state index is -0.0122. The fourth-order valence-corrected chi connectivity index (χ4v) is 4.39. The van der Waals surface area contributed by atoms with E-state index in [9.17, 15) is 4.79 Å². The van der Waals surface area contributed by atoms with E-state index in [0.29, 0.717) is 16.6 Å². The van der Waals surface area contributed by atoms with Crippen molar-refractivity contribution in [2.75, 3.05) is 0 Å². The summed E-state index contributed by atoms with van der Waals surface area (Å²) in [4.78, 5) is 20.0. The van der Waals surface area contributed by atoms with Crippen LogP contribution in [-0.4, -0.2) is 22.4 Å². The average Bonchev–Trinajstić information content (AvgIpc) is 3.34. The first-order valence-corrected chi connectivity index (χ1v) is 10.2. The Bertz CT molecular complexity index is 864. The molecule has 3 nitrogen and oxygen atoms in total. The number of ketones is 1. The second-order valence-corrected chi connectivity index (χ2v) is 8.52. The molecule has 2 unspecified atom stereocenters. The normalized spacial score (nSPS) is 21.1. The Labute approximate surface area is 162 Å². The van der Waals surface area contributed by atoms with E-state index in [1.807, 2.05) is 36.0 Å². The summed E-state index contributed by atoms with van der Waals surface area (Å²) in [6.45, 7) is 4.36. The maximum atomic E-state index is 11.7. The molecule has 2 aromatic carbocycles. The van der Waals surface area contributed by atoms with Crippen molar-refractivity contribution in [3.63, 3.8) is 0 Å². The number of aliphatic imine (C=N–C) groups is 1. The summed E-state index contributed by atoms with van der Waals surface area (Å²) in [5.41, 5.74) is 4.22. The Kier molecular flexibility index (Phi) is 6.01. The second kappa shape index (κ2) is 8.43. The number of thiazole rings is 1. The average molecular weight is 381 g/mol. The smallest absolute Gasteiger partial charge is 0.212 e. The third kappa shape index (κ3) is 4.48. The number of benzene rings is 2. The van der Waals surface area contributed by atoms with Gasteiger partial charge in [0.2, 0.25) is 5.78 Å². The predicted molar refractivity (Wildman–Crippen MR) is 111 cm³/mol.